The molecule has 3 aromatic rings. The molecule has 0 bridgehead atoms. The molecule has 3 rings (SSSR count). The number of carboxylic acid groups (broad SMARTS) is 1. The fraction of sp³-hybridized carbons (Fsp3) is 0.423. The number of aromatic nitrogens is 3. The summed E-state index contributed by atoms with van der Waals surface area (Å²) in [6.45, 7) is 10.2. The second-order valence-electron chi connectivity index (χ2n) is 9.86. The van der Waals surface area contributed by atoms with Crippen molar-refractivity contribution in [3.8, 4) is 11.3 Å². The van der Waals surface area contributed by atoms with Gasteiger partial charge >= 0.3 is 29.6 Å². The maximum atomic E-state index is 13.7. The average molecular weight is 492 g/mol. The van der Waals surface area contributed by atoms with E-state index >= 15 is 0 Å². The van der Waals surface area contributed by atoms with Gasteiger partial charge in [0.2, 0.25) is 0 Å². The van der Waals surface area contributed by atoms with E-state index in [0.29, 0.717) is 16.9 Å². The van der Waals surface area contributed by atoms with Crippen molar-refractivity contribution in [1.29, 1.82) is 0 Å². The first-order valence-corrected chi connectivity index (χ1v) is 11.3. The van der Waals surface area contributed by atoms with Crippen molar-refractivity contribution in [2.75, 3.05) is 0 Å². The average Bonchev–Trinajstić information content (AvgIpc) is 3.15. The molecule has 0 amide bonds. The number of hydrogen-bond donors (Lipinski definition) is 2. The molecule has 0 aliphatic rings. The van der Waals surface area contributed by atoms with Crippen LogP contribution in [0.5, 0.6) is 0 Å². The number of benzene rings is 1. The summed E-state index contributed by atoms with van der Waals surface area (Å²) in [4.78, 5) is 15.5. The van der Waals surface area contributed by atoms with Crippen molar-refractivity contribution < 1.29 is 54.1 Å². The second-order valence-corrected chi connectivity index (χ2v) is 9.86. The van der Waals surface area contributed by atoms with Gasteiger partial charge in [-0.1, -0.05) is 46.8 Å². The molecule has 0 fully saturated rings. The number of hydrogen-bond acceptors (Lipinski definition) is 6. The summed E-state index contributed by atoms with van der Waals surface area (Å²) in [5.41, 5.74) is 4.19. The van der Waals surface area contributed by atoms with Gasteiger partial charge in [-0.3, -0.25) is 0 Å². The number of halogens is 1. The zero-order chi connectivity index (χ0) is 25.2. The summed E-state index contributed by atoms with van der Waals surface area (Å²) < 4.78 is 15.4. The molecule has 2 N–H and O–H groups in total. The van der Waals surface area contributed by atoms with Gasteiger partial charge in [0.25, 0.3) is 0 Å². The third kappa shape index (κ3) is 7.21. The smallest absolute Gasteiger partial charge is 0.550 e. The predicted octanol–water partition coefficient (Wildman–Crippen LogP) is 0.225. The van der Waals surface area contributed by atoms with E-state index in [1.807, 2.05) is 19.9 Å². The largest absolute Gasteiger partial charge is 1.00 e. The van der Waals surface area contributed by atoms with Crippen LogP contribution in [0.2, 0.25) is 0 Å². The fourth-order valence-corrected chi connectivity index (χ4v) is 3.73. The van der Waals surface area contributed by atoms with Gasteiger partial charge in [0, 0.05) is 41.4 Å². The number of carboxylic acids is 1. The minimum atomic E-state index is -1.38. The number of aliphatic hydroxyl groups excluding tert-OH is 2. The third-order valence-electron chi connectivity index (χ3n) is 5.50. The molecule has 0 radical (unpaired) electrons. The SMILES string of the molecule is CC(C)c1nc2cc(C(C)(C)C)nn2c(-c2ccc(F)cc2)c1/C=C/[C@@H](O)C[C@@H](O)CC(=O)[O-].[Na+]. The van der Waals surface area contributed by atoms with Gasteiger partial charge in [0.1, 0.15) is 5.82 Å². The molecule has 7 nitrogen and oxygen atoms in total. The monoisotopic (exact) mass is 491 g/mol. The number of aliphatic hydroxyl groups is 2. The Morgan fingerprint density at radius 2 is 1.83 bits per heavy atom. The summed E-state index contributed by atoms with van der Waals surface area (Å²) in [5, 5.41) is 35.7. The van der Waals surface area contributed by atoms with E-state index in [9.17, 15) is 24.5 Å². The Balaban J connectivity index is 0.00000432. The molecule has 9 heteroatoms. The minimum absolute atomic E-state index is 0. The van der Waals surface area contributed by atoms with Crippen LogP contribution < -0.4 is 34.7 Å². The van der Waals surface area contributed by atoms with Gasteiger partial charge < -0.3 is 20.1 Å². The second kappa shape index (κ2) is 11.8. The normalized spacial score (nSPS) is 13.9. The summed E-state index contributed by atoms with van der Waals surface area (Å²) in [6, 6.07) is 8.04. The molecule has 0 spiro atoms. The Hall–Kier alpha value is -2.10. The van der Waals surface area contributed by atoms with E-state index in [1.54, 1.807) is 22.7 Å². The molecule has 182 valence electrons. The number of aliphatic carboxylic acids is 1. The summed E-state index contributed by atoms with van der Waals surface area (Å²) in [7, 11) is 0. The van der Waals surface area contributed by atoms with Gasteiger partial charge in [-0.15, -0.1) is 0 Å². The number of fused-ring (bicyclic) bond motifs is 1. The van der Waals surface area contributed by atoms with Crippen molar-refractivity contribution in [2.45, 2.75) is 71.0 Å². The first-order valence-electron chi connectivity index (χ1n) is 11.3. The van der Waals surface area contributed by atoms with Crippen LogP contribution in [0.4, 0.5) is 4.39 Å². The van der Waals surface area contributed by atoms with Crippen molar-refractivity contribution in [2.24, 2.45) is 0 Å². The molecule has 0 saturated carbocycles. The molecular formula is C26H31FN3NaO4. The molecule has 1 aromatic carbocycles. The van der Waals surface area contributed by atoms with Crippen molar-refractivity contribution in [3.63, 3.8) is 0 Å². The Kier molecular flexibility index (Phi) is 9.79. The van der Waals surface area contributed by atoms with E-state index in [2.05, 4.69) is 20.8 Å². The Labute approximate surface area is 227 Å². The Bertz CT molecular complexity index is 1200. The topological polar surface area (TPSA) is 111 Å². The molecular weight excluding hydrogens is 460 g/mol. The van der Waals surface area contributed by atoms with Gasteiger partial charge in [0.15, 0.2) is 5.65 Å². The van der Waals surface area contributed by atoms with Crippen LogP contribution in [0.25, 0.3) is 23.0 Å². The van der Waals surface area contributed by atoms with E-state index in [4.69, 9.17) is 10.1 Å². The van der Waals surface area contributed by atoms with E-state index in [1.165, 1.54) is 18.2 Å². The molecule has 2 atom stereocenters. The number of carbonyl (C=O) groups excluding carboxylic acids is 1. The Morgan fingerprint density at radius 1 is 1.20 bits per heavy atom. The molecule has 0 aliphatic carbocycles. The predicted molar refractivity (Wildman–Crippen MR) is 126 cm³/mol. The van der Waals surface area contributed by atoms with Crippen molar-refractivity contribution in [3.05, 3.63) is 59.2 Å². The number of nitrogens with zero attached hydrogens (tertiary/aromatic N) is 3. The maximum Gasteiger partial charge on any atom is 1.00 e. The molecule has 0 aliphatic heterocycles. The standard InChI is InChI=1S/C26H32FN3O4.Na/c1-15(2)24-20(11-10-18(31)12-19(32)13-23(33)34)25(16-6-8-17(27)9-7-16)30-22(28-24)14-21(29-30)26(3,4)5;/h6-11,14-15,18-19,31-32H,12-13H2,1-5H3,(H,33,34);/q;+1/p-1/b11-10+;/t18-,19-;/m1./s1. The van der Waals surface area contributed by atoms with Crippen LogP contribution in [-0.4, -0.2) is 43.0 Å². The van der Waals surface area contributed by atoms with Gasteiger partial charge in [-0.2, -0.15) is 5.10 Å². The minimum Gasteiger partial charge on any atom is -0.550 e. The molecule has 2 aromatic heterocycles. The molecule has 35 heavy (non-hydrogen) atoms. The van der Waals surface area contributed by atoms with Crippen LogP contribution in [0.15, 0.2) is 36.4 Å². The summed E-state index contributed by atoms with van der Waals surface area (Å²) >= 11 is 0. The molecule has 0 unspecified atom stereocenters. The van der Waals surface area contributed by atoms with Crippen LogP contribution >= 0.6 is 0 Å². The zero-order valence-electron chi connectivity index (χ0n) is 21.1. The fourth-order valence-electron chi connectivity index (χ4n) is 3.73. The van der Waals surface area contributed by atoms with Crippen molar-refractivity contribution in [1.82, 2.24) is 14.6 Å². The zero-order valence-corrected chi connectivity index (χ0v) is 23.1. The van der Waals surface area contributed by atoms with Crippen LogP contribution in [0.1, 0.15) is 70.3 Å². The third-order valence-corrected chi connectivity index (χ3v) is 5.50. The van der Waals surface area contributed by atoms with Gasteiger partial charge in [0.05, 0.1) is 29.3 Å². The quantitative estimate of drug-likeness (QED) is 0.437. The number of rotatable bonds is 8. The maximum absolute atomic E-state index is 13.7. The first kappa shape index (κ1) is 29.1. The molecule has 0 saturated heterocycles. The van der Waals surface area contributed by atoms with Crippen LogP contribution in [0, 0.1) is 5.82 Å². The van der Waals surface area contributed by atoms with Crippen LogP contribution in [0.3, 0.4) is 0 Å². The Morgan fingerprint density at radius 3 is 2.37 bits per heavy atom. The van der Waals surface area contributed by atoms with Crippen molar-refractivity contribution >= 4 is 17.7 Å². The number of carbonyl (C=O) groups is 1. The van der Waals surface area contributed by atoms with E-state index in [-0.39, 0.29) is 53.1 Å². The van der Waals surface area contributed by atoms with Gasteiger partial charge in [-0.05, 0) is 30.2 Å². The van der Waals surface area contributed by atoms with E-state index in [0.717, 1.165) is 17.0 Å². The first-order chi connectivity index (χ1) is 15.9. The molecule has 2 heterocycles. The van der Waals surface area contributed by atoms with Crippen LogP contribution in [-0.2, 0) is 10.2 Å². The summed E-state index contributed by atoms with van der Waals surface area (Å²) in [6.07, 6.45) is 0.169. The van der Waals surface area contributed by atoms with Gasteiger partial charge in [-0.25, -0.2) is 13.9 Å². The summed E-state index contributed by atoms with van der Waals surface area (Å²) in [5.74, 6) is -1.71. The van der Waals surface area contributed by atoms with E-state index < -0.39 is 24.6 Å².